The van der Waals surface area contributed by atoms with Crippen LogP contribution in [0, 0.1) is 5.92 Å². The molecule has 0 saturated heterocycles. The second-order valence-corrected chi connectivity index (χ2v) is 7.27. The minimum Gasteiger partial charge on any atom is -0.462 e. The summed E-state index contributed by atoms with van der Waals surface area (Å²) in [5, 5.41) is 3.22. The Morgan fingerprint density at radius 2 is 1.90 bits per heavy atom. The van der Waals surface area contributed by atoms with Crippen molar-refractivity contribution in [2.45, 2.75) is 25.8 Å². The minimum atomic E-state index is -0.530. The summed E-state index contributed by atoms with van der Waals surface area (Å²) >= 11 is 0. The van der Waals surface area contributed by atoms with Crippen molar-refractivity contribution in [1.82, 2.24) is 9.55 Å². The molecule has 0 unspecified atom stereocenters. The second kappa shape index (κ2) is 8.36. The lowest BCUT2D eigenvalue weighted by molar-refractivity contribution is -0.117. The third-order valence-corrected chi connectivity index (χ3v) is 4.96. The molecule has 8 heteroatoms. The number of benzene rings is 2. The van der Waals surface area contributed by atoms with E-state index in [-0.39, 0.29) is 30.5 Å². The molecule has 0 atom stereocenters. The molecule has 3 aromatic rings. The van der Waals surface area contributed by atoms with E-state index in [4.69, 9.17) is 4.74 Å². The maximum atomic E-state index is 12.5. The molecule has 30 heavy (non-hydrogen) atoms. The van der Waals surface area contributed by atoms with Gasteiger partial charge in [-0.2, -0.15) is 0 Å². The first-order valence-electron chi connectivity index (χ1n) is 9.83. The fourth-order valence-electron chi connectivity index (χ4n) is 3.19. The van der Waals surface area contributed by atoms with Crippen LogP contribution in [0.3, 0.4) is 0 Å². The molecule has 1 fully saturated rings. The lowest BCUT2D eigenvalue weighted by Crippen LogP contribution is -2.35. The molecular formula is C22H21N3O5. The fraction of sp³-hybridized carbons (Fsp3) is 0.273. The van der Waals surface area contributed by atoms with Crippen LogP contribution in [0.2, 0.25) is 0 Å². The van der Waals surface area contributed by atoms with Crippen molar-refractivity contribution in [2.24, 2.45) is 5.92 Å². The van der Waals surface area contributed by atoms with Gasteiger partial charge in [0.1, 0.15) is 0 Å². The number of aromatic amines is 1. The van der Waals surface area contributed by atoms with E-state index in [9.17, 15) is 19.2 Å². The van der Waals surface area contributed by atoms with Gasteiger partial charge in [0.2, 0.25) is 5.91 Å². The monoisotopic (exact) mass is 407 g/mol. The average molecular weight is 407 g/mol. The molecule has 1 heterocycles. The number of H-pyrrole nitrogens is 1. The smallest absolute Gasteiger partial charge is 0.338 e. The highest BCUT2D eigenvalue weighted by atomic mass is 16.5. The summed E-state index contributed by atoms with van der Waals surface area (Å²) in [7, 11) is 0. The van der Waals surface area contributed by atoms with Crippen molar-refractivity contribution < 1.29 is 14.3 Å². The largest absolute Gasteiger partial charge is 0.462 e. The van der Waals surface area contributed by atoms with Crippen LogP contribution in [0.25, 0.3) is 10.9 Å². The first-order chi connectivity index (χ1) is 14.5. The van der Waals surface area contributed by atoms with Gasteiger partial charge in [-0.15, -0.1) is 0 Å². The van der Waals surface area contributed by atoms with Gasteiger partial charge in [0.05, 0.1) is 23.1 Å². The predicted molar refractivity (Wildman–Crippen MR) is 112 cm³/mol. The van der Waals surface area contributed by atoms with Crippen LogP contribution in [0.1, 0.15) is 29.6 Å². The Hall–Kier alpha value is -3.68. The Morgan fingerprint density at radius 1 is 1.10 bits per heavy atom. The highest BCUT2D eigenvalue weighted by Gasteiger charge is 2.29. The highest BCUT2D eigenvalue weighted by Crippen LogP contribution is 2.30. The number of nitrogens with zero attached hydrogens (tertiary/aromatic N) is 1. The molecule has 0 spiro atoms. The van der Waals surface area contributed by atoms with Crippen LogP contribution in [0.15, 0.2) is 58.1 Å². The van der Waals surface area contributed by atoms with Crippen molar-refractivity contribution in [1.29, 1.82) is 0 Å². The number of fused-ring (bicyclic) bond motifs is 1. The fourth-order valence-corrected chi connectivity index (χ4v) is 3.19. The summed E-state index contributed by atoms with van der Waals surface area (Å²) in [6, 6.07) is 13.4. The first-order valence-corrected chi connectivity index (χ1v) is 9.83. The topological polar surface area (TPSA) is 110 Å². The highest BCUT2D eigenvalue weighted by molar-refractivity contribution is 5.96. The van der Waals surface area contributed by atoms with E-state index in [0.29, 0.717) is 28.6 Å². The van der Waals surface area contributed by atoms with Crippen molar-refractivity contribution >= 4 is 28.5 Å². The summed E-state index contributed by atoms with van der Waals surface area (Å²) in [4.78, 5) is 51.4. The number of aromatic nitrogens is 2. The van der Waals surface area contributed by atoms with E-state index in [1.54, 1.807) is 48.5 Å². The zero-order chi connectivity index (χ0) is 21.1. The number of hydrogen-bond donors (Lipinski definition) is 2. The van der Waals surface area contributed by atoms with Gasteiger partial charge in [0.25, 0.3) is 5.56 Å². The van der Waals surface area contributed by atoms with Gasteiger partial charge in [-0.3, -0.25) is 14.2 Å². The molecule has 0 radical (unpaired) electrons. The number of nitrogens with one attached hydrogen (secondary N) is 2. The quantitative estimate of drug-likeness (QED) is 0.461. The van der Waals surface area contributed by atoms with Gasteiger partial charge in [-0.1, -0.05) is 18.2 Å². The molecule has 1 saturated carbocycles. The van der Waals surface area contributed by atoms with Gasteiger partial charge in [-0.05, 0) is 49.6 Å². The lowest BCUT2D eigenvalue weighted by atomic mass is 10.2. The predicted octanol–water partition coefficient (Wildman–Crippen LogP) is 2.29. The molecule has 2 N–H and O–H groups in total. The van der Waals surface area contributed by atoms with Crippen molar-refractivity contribution in [3.05, 3.63) is 74.9 Å². The van der Waals surface area contributed by atoms with Crippen LogP contribution >= 0.6 is 0 Å². The van der Waals surface area contributed by atoms with E-state index in [1.807, 2.05) is 0 Å². The maximum absolute atomic E-state index is 12.5. The molecule has 154 valence electrons. The maximum Gasteiger partial charge on any atom is 0.338 e. The van der Waals surface area contributed by atoms with Gasteiger partial charge in [-0.25, -0.2) is 9.59 Å². The Labute approximate surface area is 171 Å². The van der Waals surface area contributed by atoms with Crippen molar-refractivity contribution in [3.63, 3.8) is 0 Å². The molecule has 1 aliphatic carbocycles. The van der Waals surface area contributed by atoms with Gasteiger partial charge < -0.3 is 15.0 Å². The average Bonchev–Trinajstić information content (AvgIpc) is 3.58. The number of esters is 1. The van der Waals surface area contributed by atoms with Crippen LogP contribution in [-0.4, -0.2) is 28.0 Å². The first kappa shape index (κ1) is 19.6. The summed E-state index contributed by atoms with van der Waals surface area (Å²) in [6.45, 7) is 0.181. The molecule has 8 nitrogen and oxygen atoms in total. The number of rotatable bonds is 7. The van der Waals surface area contributed by atoms with Crippen LogP contribution in [0.4, 0.5) is 5.69 Å². The standard InChI is InChI=1S/C22H21N3O5/c26-19(14-9-10-14)23-16-6-3-5-15(13-16)21(28)30-12-4-11-25-20(27)17-7-1-2-8-18(17)24-22(25)29/h1-3,5-8,13-14H,4,9-12H2,(H,23,26)(H,24,29). The van der Waals surface area contributed by atoms with Crippen LogP contribution in [0.5, 0.6) is 0 Å². The number of carbonyl (C=O) groups is 2. The number of anilines is 1. The number of amides is 1. The van der Waals surface area contributed by atoms with E-state index >= 15 is 0 Å². The Bertz CT molecular complexity index is 1220. The van der Waals surface area contributed by atoms with E-state index < -0.39 is 11.7 Å². The summed E-state index contributed by atoms with van der Waals surface area (Å²) < 4.78 is 6.36. The lowest BCUT2D eigenvalue weighted by Gasteiger charge is -2.09. The molecule has 1 amide bonds. The summed E-state index contributed by atoms with van der Waals surface area (Å²) in [6.07, 6.45) is 2.11. The molecule has 4 rings (SSSR count). The second-order valence-electron chi connectivity index (χ2n) is 7.27. The van der Waals surface area contributed by atoms with Crippen LogP contribution < -0.4 is 16.6 Å². The summed E-state index contributed by atoms with van der Waals surface area (Å²) in [5.41, 5.74) is 0.493. The number of ether oxygens (including phenoxy) is 1. The van der Waals surface area contributed by atoms with Gasteiger partial charge >= 0.3 is 11.7 Å². The third kappa shape index (κ3) is 4.32. The Balaban J connectivity index is 1.34. The van der Waals surface area contributed by atoms with E-state index in [0.717, 1.165) is 17.4 Å². The van der Waals surface area contributed by atoms with Gasteiger partial charge in [0.15, 0.2) is 0 Å². The molecule has 2 aromatic carbocycles. The SMILES string of the molecule is O=C(OCCCn1c(=O)[nH]c2ccccc2c1=O)c1cccc(NC(=O)C2CC2)c1. The van der Waals surface area contributed by atoms with Crippen LogP contribution in [-0.2, 0) is 16.1 Å². The van der Waals surface area contributed by atoms with Crippen molar-refractivity contribution in [3.8, 4) is 0 Å². The molecular weight excluding hydrogens is 386 g/mol. The molecule has 1 aromatic heterocycles. The van der Waals surface area contributed by atoms with Gasteiger partial charge in [0, 0.05) is 18.2 Å². The normalized spacial score (nSPS) is 13.2. The van der Waals surface area contributed by atoms with E-state index in [1.165, 1.54) is 0 Å². The molecule has 0 aliphatic heterocycles. The Kier molecular flexibility index (Phi) is 5.47. The Morgan fingerprint density at radius 3 is 2.70 bits per heavy atom. The van der Waals surface area contributed by atoms with Crippen molar-refractivity contribution in [2.75, 3.05) is 11.9 Å². The summed E-state index contributed by atoms with van der Waals surface area (Å²) in [5.74, 6) is -0.494. The zero-order valence-corrected chi connectivity index (χ0v) is 16.2. The van der Waals surface area contributed by atoms with E-state index in [2.05, 4.69) is 10.3 Å². The molecule has 0 bridgehead atoms. The minimum absolute atomic E-state index is 0.0356. The number of hydrogen-bond acceptors (Lipinski definition) is 5. The third-order valence-electron chi connectivity index (χ3n) is 4.96. The number of carbonyl (C=O) groups excluding carboxylic acids is 2. The number of para-hydroxylation sites is 1. The molecule has 1 aliphatic rings. The zero-order valence-electron chi connectivity index (χ0n) is 16.2.